The first kappa shape index (κ1) is 13.8. The molecule has 0 radical (unpaired) electrons. The molecular formula is C14H20BrNO2. The van der Waals surface area contributed by atoms with E-state index in [1.807, 2.05) is 13.8 Å². The van der Waals surface area contributed by atoms with Crippen molar-refractivity contribution >= 4 is 21.6 Å². The van der Waals surface area contributed by atoms with Crippen LogP contribution >= 0.6 is 15.9 Å². The van der Waals surface area contributed by atoms with E-state index in [0.29, 0.717) is 13.2 Å². The lowest BCUT2D eigenvalue weighted by molar-refractivity contribution is -0.247. The van der Waals surface area contributed by atoms with Crippen molar-refractivity contribution in [3.8, 4) is 0 Å². The highest BCUT2D eigenvalue weighted by Crippen LogP contribution is 2.26. The summed E-state index contributed by atoms with van der Waals surface area (Å²) in [5, 5.41) is 3.46. The van der Waals surface area contributed by atoms with Crippen molar-refractivity contribution in [2.45, 2.75) is 39.5 Å². The van der Waals surface area contributed by atoms with Crippen LogP contribution in [-0.2, 0) is 9.47 Å². The standard InChI is InChI=1S/C14H20BrNO2/c1-9-5-11(6-10(2)13(9)15)16-12-7-17-14(3,4)18-8-12/h5-6,12,16H,7-8H2,1-4H3. The molecule has 1 aliphatic rings. The fraction of sp³-hybridized carbons (Fsp3) is 0.571. The molecule has 0 aliphatic carbocycles. The van der Waals surface area contributed by atoms with E-state index < -0.39 is 5.79 Å². The molecule has 0 saturated carbocycles. The number of aryl methyl sites for hydroxylation is 2. The Bertz CT molecular complexity index is 412. The lowest BCUT2D eigenvalue weighted by atomic mass is 10.1. The lowest BCUT2D eigenvalue weighted by Gasteiger charge is -2.35. The Kier molecular flexibility index (Phi) is 3.99. The highest BCUT2D eigenvalue weighted by atomic mass is 79.9. The van der Waals surface area contributed by atoms with E-state index in [4.69, 9.17) is 9.47 Å². The number of anilines is 1. The maximum Gasteiger partial charge on any atom is 0.162 e. The van der Waals surface area contributed by atoms with Crippen LogP contribution in [0.15, 0.2) is 16.6 Å². The van der Waals surface area contributed by atoms with E-state index in [9.17, 15) is 0 Å². The second-order valence-electron chi connectivity index (χ2n) is 5.29. The van der Waals surface area contributed by atoms with Gasteiger partial charge in [0.05, 0.1) is 19.3 Å². The topological polar surface area (TPSA) is 30.5 Å². The van der Waals surface area contributed by atoms with Gasteiger partial charge >= 0.3 is 0 Å². The average Bonchev–Trinajstić information content (AvgIpc) is 2.29. The highest BCUT2D eigenvalue weighted by Gasteiger charge is 2.28. The fourth-order valence-electron chi connectivity index (χ4n) is 2.04. The van der Waals surface area contributed by atoms with Crippen LogP contribution in [0.5, 0.6) is 0 Å². The van der Waals surface area contributed by atoms with Crippen molar-refractivity contribution in [2.75, 3.05) is 18.5 Å². The van der Waals surface area contributed by atoms with Gasteiger partial charge in [-0.1, -0.05) is 15.9 Å². The molecule has 0 unspecified atom stereocenters. The van der Waals surface area contributed by atoms with Crippen LogP contribution in [0.1, 0.15) is 25.0 Å². The van der Waals surface area contributed by atoms with Gasteiger partial charge in [-0.2, -0.15) is 0 Å². The van der Waals surface area contributed by atoms with Gasteiger partial charge < -0.3 is 14.8 Å². The maximum absolute atomic E-state index is 5.64. The van der Waals surface area contributed by atoms with Crippen LogP contribution < -0.4 is 5.32 Å². The normalized spacial score (nSPS) is 19.8. The predicted octanol–water partition coefficient (Wildman–Crippen LogP) is 3.63. The Labute approximate surface area is 117 Å². The van der Waals surface area contributed by atoms with Gasteiger partial charge in [-0.15, -0.1) is 0 Å². The molecule has 18 heavy (non-hydrogen) atoms. The number of benzene rings is 1. The van der Waals surface area contributed by atoms with Gasteiger partial charge in [0.1, 0.15) is 0 Å². The van der Waals surface area contributed by atoms with E-state index >= 15 is 0 Å². The van der Waals surface area contributed by atoms with E-state index in [0.717, 1.165) is 5.69 Å². The number of nitrogens with one attached hydrogen (secondary N) is 1. The first-order chi connectivity index (χ1) is 8.37. The van der Waals surface area contributed by atoms with Gasteiger partial charge in [-0.05, 0) is 51.0 Å². The molecule has 1 aliphatic heterocycles. The van der Waals surface area contributed by atoms with Crippen LogP contribution in [0.3, 0.4) is 0 Å². The molecule has 4 heteroatoms. The summed E-state index contributed by atoms with van der Waals surface area (Å²) >= 11 is 3.58. The molecule has 1 aromatic carbocycles. The second-order valence-corrected chi connectivity index (χ2v) is 6.08. The molecule has 2 rings (SSSR count). The third-order valence-electron chi connectivity index (χ3n) is 3.07. The number of hydrogen-bond acceptors (Lipinski definition) is 3. The molecule has 0 amide bonds. The summed E-state index contributed by atoms with van der Waals surface area (Å²) in [5.41, 5.74) is 3.58. The Balaban J connectivity index is 2.03. The SMILES string of the molecule is Cc1cc(NC2COC(C)(C)OC2)cc(C)c1Br. The minimum Gasteiger partial charge on any atom is -0.378 e. The number of rotatable bonds is 2. The quantitative estimate of drug-likeness (QED) is 0.904. The van der Waals surface area contributed by atoms with Gasteiger partial charge in [0.25, 0.3) is 0 Å². The van der Waals surface area contributed by atoms with E-state index in [-0.39, 0.29) is 6.04 Å². The van der Waals surface area contributed by atoms with Crippen molar-refractivity contribution in [1.82, 2.24) is 0 Å². The zero-order valence-electron chi connectivity index (χ0n) is 11.3. The molecular weight excluding hydrogens is 294 g/mol. The first-order valence-corrected chi connectivity index (χ1v) is 6.98. The van der Waals surface area contributed by atoms with Gasteiger partial charge in [-0.25, -0.2) is 0 Å². The highest BCUT2D eigenvalue weighted by molar-refractivity contribution is 9.10. The van der Waals surface area contributed by atoms with Crippen LogP contribution in [-0.4, -0.2) is 25.0 Å². The third kappa shape index (κ3) is 3.25. The van der Waals surface area contributed by atoms with Gasteiger partial charge in [0.15, 0.2) is 5.79 Å². The van der Waals surface area contributed by atoms with E-state index in [1.165, 1.54) is 15.6 Å². The van der Waals surface area contributed by atoms with Crippen molar-refractivity contribution in [2.24, 2.45) is 0 Å². The molecule has 1 aromatic rings. The molecule has 1 heterocycles. The summed E-state index contributed by atoms with van der Waals surface area (Å²) in [6, 6.07) is 4.48. The monoisotopic (exact) mass is 313 g/mol. The minimum atomic E-state index is -0.455. The molecule has 1 N–H and O–H groups in total. The molecule has 100 valence electrons. The Hall–Kier alpha value is -0.580. The molecule has 1 saturated heterocycles. The summed E-state index contributed by atoms with van der Waals surface area (Å²) in [7, 11) is 0. The summed E-state index contributed by atoms with van der Waals surface area (Å²) < 4.78 is 12.5. The van der Waals surface area contributed by atoms with E-state index in [1.54, 1.807) is 0 Å². The molecule has 1 fully saturated rings. The Morgan fingerprint density at radius 3 is 2.17 bits per heavy atom. The van der Waals surface area contributed by atoms with Crippen LogP contribution in [0, 0.1) is 13.8 Å². The molecule has 0 aromatic heterocycles. The molecule has 0 bridgehead atoms. The first-order valence-electron chi connectivity index (χ1n) is 6.18. The van der Waals surface area contributed by atoms with E-state index in [2.05, 4.69) is 47.2 Å². The van der Waals surface area contributed by atoms with Gasteiger partial charge in [0, 0.05) is 10.2 Å². The van der Waals surface area contributed by atoms with Gasteiger partial charge in [0.2, 0.25) is 0 Å². The zero-order valence-corrected chi connectivity index (χ0v) is 12.9. The smallest absolute Gasteiger partial charge is 0.162 e. The number of ether oxygens (including phenoxy) is 2. The van der Waals surface area contributed by atoms with Crippen LogP contribution in [0.25, 0.3) is 0 Å². The summed E-state index contributed by atoms with van der Waals surface area (Å²) in [6.45, 7) is 9.41. The predicted molar refractivity (Wildman–Crippen MR) is 77.0 cm³/mol. The third-order valence-corrected chi connectivity index (χ3v) is 4.32. The summed E-state index contributed by atoms with van der Waals surface area (Å²) in [5.74, 6) is -0.455. The largest absolute Gasteiger partial charge is 0.378 e. The van der Waals surface area contributed by atoms with Crippen molar-refractivity contribution in [3.63, 3.8) is 0 Å². The van der Waals surface area contributed by atoms with Crippen molar-refractivity contribution in [1.29, 1.82) is 0 Å². The Morgan fingerprint density at radius 2 is 1.67 bits per heavy atom. The number of halogens is 1. The lowest BCUT2D eigenvalue weighted by Crippen LogP contribution is -2.45. The zero-order chi connectivity index (χ0) is 13.3. The molecule has 0 spiro atoms. The number of hydrogen-bond donors (Lipinski definition) is 1. The second kappa shape index (κ2) is 5.19. The van der Waals surface area contributed by atoms with Crippen molar-refractivity contribution in [3.05, 3.63) is 27.7 Å². The summed E-state index contributed by atoms with van der Waals surface area (Å²) in [6.07, 6.45) is 0. The molecule has 0 atom stereocenters. The van der Waals surface area contributed by atoms with Gasteiger partial charge in [-0.3, -0.25) is 0 Å². The Morgan fingerprint density at radius 1 is 1.17 bits per heavy atom. The minimum absolute atomic E-state index is 0.206. The molecule has 3 nitrogen and oxygen atoms in total. The van der Waals surface area contributed by atoms with Crippen LogP contribution in [0.2, 0.25) is 0 Å². The summed E-state index contributed by atoms with van der Waals surface area (Å²) in [4.78, 5) is 0. The maximum atomic E-state index is 5.64. The van der Waals surface area contributed by atoms with Crippen molar-refractivity contribution < 1.29 is 9.47 Å². The van der Waals surface area contributed by atoms with Crippen LogP contribution in [0.4, 0.5) is 5.69 Å². The average molecular weight is 314 g/mol. The fourth-order valence-corrected chi connectivity index (χ4v) is 2.27.